The number of rotatable bonds is 5. The van der Waals surface area contributed by atoms with E-state index in [1.807, 2.05) is 18.2 Å². The molecular formula is C21H27NO4S. The van der Waals surface area contributed by atoms with Crippen LogP contribution in [-0.2, 0) is 20.7 Å². The first-order valence-electron chi connectivity index (χ1n) is 9.90. The minimum Gasteiger partial charge on any atom is -0.480 e. The van der Waals surface area contributed by atoms with E-state index in [9.17, 15) is 14.7 Å². The molecule has 1 spiro atoms. The van der Waals surface area contributed by atoms with E-state index in [4.69, 9.17) is 4.74 Å². The highest BCUT2D eigenvalue weighted by Crippen LogP contribution is 2.47. The van der Waals surface area contributed by atoms with E-state index < -0.39 is 18.1 Å². The van der Waals surface area contributed by atoms with Crippen molar-refractivity contribution in [3.63, 3.8) is 0 Å². The zero-order valence-corrected chi connectivity index (χ0v) is 16.3. The van der Waals surface area contributed by atoms with Crippen LogP contribution in [-0.4, -0.2) is 51.8 Å². The van der Waals surface area contributed by atoms with Gasteiger partial charge in [0.25, 0.3) is 5.91 Å². The van der Waals surface area contributed by atoms with E-state index in [1.165, 1.54) is 18.4 Å². The molecule has 3 atom stereocenters. The van der Waals surface area contributed by atoms with Gasteiger partial charge in [0.05, 0.1) is 12.0 Å². The van der Waals surface area contributed by atoms with Gasteiger partial charge < -0.3 is 14.7 Å². The third kappa shape index (κ3) is 3.87. The summed E-state index contributed by atoms with van der Waals surface area (Å²) in [6, 6.07) is 9.41. The predicted molar refractivity (Wildman–Crippen MR) is 105 cm³/mol. The van der Waals surface area contributed by atoms with E-state index >= 15 is 0 Å². The molecular weight excluding hydrogens is 362 g/mol. The van der Waals surface area contributed by atoms with E-state index in [-0.39, 0.29) is 16.7 Å². The van der Waals surface area contributed by atoms with E-state index in [1.54, 1.807) is 16.7 Å². The molecule has 6 heteroatoms. The number of carbonyl (C=O) groups excluding carboxylic acids is 1. The number of carboxylic acid groups (broad SMARTS) is 1. The summed E-state index contributed by atoms with van der Waals surface area (Å²) in [5.41, 5.74) is 1.37. The standard InChI is InChI=1S/C21H27NO4S/c23-19(17-12-21(14-26-17)10-4-5-11-21)22-16(20(24)25)13-27-18(22)9-8-15-6-2-1-3-7-15/h1-3,6-7,16-18H,4-5,8-14H2,(H,24,25). The molecule has 4 rings (SSSR count). The van der Waals surface area contributed by atoms with Crippen LogP contribution >= 0.6 is 11.8 Å². The van der Waals surface area contributed by atoms with Gasteiger partial charge in [0.1, 0.15) is 12.1 Å². The normalized spacial score (nSPS) is 29.5. The van der Waals surface area contributed by atoms with Crippen molar-refractivity contribution in [2.45, 2.75) is 62.5 Å². The summed E-state index contributed by atoms with van der Waals surface area (Å²) in [7, 11) is 0. The number of hydrogen-bond acceptors (Lipinski definition) is 4. The Bertz CT molecular complexity index is 689. The lowest BCUT2D eigenvalue weighted by molar-refractivity contribution is -0.153. The number of nitrogens with zero attached hydrogens (tertiary/aromatic N) is 1. The molecule has 27 heavy (non-hydrogen) atoms. The monoisotopic (exact) mass is 389 g/mol. The highest BCUT2D eigenvalue weighted by Gasteiger charge is 2.49. The zero-order chi connectivity index (χ0) is 18.9. The molecule has 1 amide bonds. The minimum atomic E-state index is -0.911. The molecule has 1 N–H and O–H groups in total. The molecule has 5 nitrogen and oxygen atoms in total. The zero-order valence-electron chi connectivity index (χ0n) is 15.5. The maximum atomic E-state index is 13.2. The molecule has 0 bridgehead atoms. The Balaban J connectivity index is 1.45. The van der Waals surface area contributed by atoms with Crippen molar-refractivity contribution in [1.82, 2.24) is 4.90 Å². The number of thioether (sulfide) groups is 1. The lowest BCUT2D eigenvalue weighted by atomic mass is 9.83. The summed E-state index contributed by atoms with van der Waals surface area (Å²) in [6.45, 7) is 0.650. The van der Waals surface area contributed by atoms with Crippen LogP contribution in [0, 0.1) is 5.41 Å². The van der Waals surface area contributed by atoms with Crippen LogP contribution in [0.5, 0.6) is 0 Å². The predicted octanol–water partition coefficient (Wildman–Crippen LogP) is 3.32. The molecule has 2 aliphatic heterocycles. The first kappa shape index (κ1) is 18.8. The van der Waals surface area contributed by atoms with Gasteiger partial charge in [-0.3, -0.25) is 4.79 Å². The molecule has 1 aliphatic carbocycles. The number of carbonyl (C=O) groups is 2. The Morgan fingerprint density at radius 3 is 2.67 bits per heavy atom. The first-order chi connectivity index (χ1) is 13.1. The van der Waals surface area contributed by atoms with E-state index in [2.05, 4.69) is 12.1 Å². The molecule has 2 heterocycles. The number of hydrogen-bond donors (Lipinski definition) is 1. The summed E-state index contributed by atoms with van der Waals surface area (Å²) in [5.74, 6) is -0.570. The number of carboxylic acids is 1. The van der Waals surface area contributed by atoms with Crippen LogP contribution in [0.15, 0.2) is 30.3 Å². The average Bonchev–Trinajstić information content (AvgIpc) is 3.41. The summed E-state index contributed by atoms with van der Waals surface area (Å²) in [5, 5.41) is 9.54. The lowest BCUT2D eigenvalue weighted by Gasteiger charge is -2.30. The van der Waals surface area contributed by atoms with Gasteiger partial charge in [0.15, 0.2) is 0 Å². The molecule has 0 radical (unpaired) electrons. The molecule has 3 aliphatic rings. The SMILES string of the molecule is O=C(O)C1CSC(CCc2ccccc2)N1C(=O)C1CC2(CCCC2)CO1. The van der Waals surface area contributed by atoms with Crippen molar-refractivity contribution < 1.29 is 19.4 Å². The fourth-order valence-corrected chi connectivity index (χ4v) is 6.20. The van der Waals surface area contributed by atoms with Crippen molar-refractivity contribution in [3.8, 4) is 0 Å². The van der Waals surface area contributed by atoms with Gasteiger partial charge in [-0.25, -0.2) is 4.79 Å². The first-order valence-corrected chi connectivity index (χ1v) is 10.9. The Morgan fingerprint density at radius 1 is 1.22 bits per heavy atom. The Hall–Kier alpha value is -1.53. The maximum Gasteiger partial charge on any atom is 0.327 e. The number of amides is 1. The second-order valence-corrected chi connectivity index (χ2v) is 9.33. The topological polar surface area (TPSA) is 66.8 Å². The number of aliphatic carboxylic acids is 1. The van der Waals surface area contributed by atoms with Crippen molar-refractivity contribution in [1.29, 1.82) is 0 Å². The van der Waals surface area contributed by atoms with Crippen molar-refractivity contribution >= 4 is 23.6 Å². The molecule has 146 valence electrons. The molecule has 3 fully saturated rings. The molecule has 1 saturated carbocycles. The average molecular weight is 390 g/mol. The van der Waals surface area contributed by atoms with Gasteiger partial charge in [0, 0.05) is 5.75 Å². The second-order valence-electron chi connectivity index (χ2n) is 8.12. The minimum absolute atomic E-state index is 0.0949. The largest absolute Gasteiger partial charge is 0.480 e. The second kappa shape index (κ2) is 7.84. The van der Waals surface area contributed by atoms with Crippen LogP contribution < -0.4 is 0 Å². The van der Waals surface area contributed by atoms with E-state index in [0.29, 0.717) is 12.4 Å². The summed E-state index contributed by atoms with van der Waals surface area (Å²) in [4.78, 5) is 26.6. The summed E-state index contributed by atoms with van der Waals surface area (Å²) in [6.07, 6.45) is 6.57. The quantitative estimate of drug-likeness (QED) is 0.837. The van der Waals surface area contributed by atoms with Gasteiger partial charge in [0.2, 0.25) is 0 Å². The molecule has 3 unspecified atom stereocenters. The number of benzene rings is 1. The number of ether oxygens (including phenoxy) is 1. The van der Waals surface area contributed by atoms with Crippen molar-refractivity contribution in [2.24, 2.45) is 5.41 Å². The molecule has 2 saturated heterocycles. The number of aryl methyl sites for hydroxylation is 1. The highest BCUT2D eigenvalue weighted by molar-refractivity contribution is 8.00. The van der Waals surface area contributed by atoms with Gasteiger partial charge in [-0.1, -0.05) is 43.2 Å². The third-order valence-corrected chi connectivity index (χ3v) is 7.66. The van der Waals surface area contributed by atoms with Gasteiger partial charge >= 0.3 is 5.97 Å². The van der Waals surface area contributed by atoms with Crippen LogP contribution in [0.25, 0.3) is 0 Å². The Labute approximate surface area is 164 Å². The molecule has 0 aromatic heterocycles. The van der Waals surface area contributed by atoms with Crippen molar-refractivity contribution in [2.75, 3.05) is 12.4 Å². The fraction of sp³-hybridized carbons (Fsp3) is 0.619. The van der Waals surface area contributed by atoms with E-state index in [0.717, 1.165) is 32.1 Å². The van der Waals surface area contributed by atoms with Gasteiger partial charge in [-0.2, -0.15) is 0 Å². The van der Waals surface area contributed by atoms with Gasteiger partial charge in [-0.15, -0.1) is 11.8 Å². The van der Waals surface area contributed by atoms with Gasteiger partial charge in [-0.05, 0) is 43.1 Å². The molecule has 1 aromatic carbocycles. The highest BCUT2D eigenvalue weighted by atomic mass is 32.2. The maximum absolute atomic E-state index is 13.2. The fourth-order valence-electron chi connectivity index (χ4n) is 4.79. The van der Waals surface area contributed by atoms with Crippen LogP contribution in [0.2, 0.25) is 0 Å². The third-order valence-electron chi connectivity index (χ3n) is 6.30. The Morgan fingerprint density at radius 2 is 1.96 bits per heavy atom. The summed E-state index contributed by atoms with van der Waals surface area (Å²) < 4.78 is 5.91. The summed E-state index contributed by atoms with van der Waals surface area (Å²) >= 11 is 1.59. The molecule has 1 aromatic rings. The Kier molecular flexibility index (Phi) is 5.46. The van der Waals surface area contributed by atoms with Crippen molar-refractivity contribution in [3.05, 3.63) is 35.9 Å². The van der Waals surface area contributed by atoms with Crippen LogP contribution in [0.1, 0.15) is 44.1 Å². The van der Waals surface area contributed by atoms with Crippen LogP contribution in [0.4, 0.5) is 0 Å². The smallest absolute Gasteiger partial charge is 0.327 e. The van der Waals surface area contributed by atoms with Crippen LogP contribution in [0.3, 0.4) is 0 Å². The lowest BCUT2D eigenvalue weighted by Crippen LogP contribution is -2.49.